The second-order valence-electron chi connectivity index (χ2n) is 7.61. The number of rotatable bonds is 6. The lowest BCUT2D eigenvalue weighted by atomic mass is 9.97. The Bertz CT molecular complexity index is 687. The number of carbonyl (C=O) groups excluding carboxylic acids is 1. The summed E-state index contributed by atoms with van der Waals surface area (Å²) < 4.78 is 10.4. The van der Waals surface area contributed by atoms with Gasteiger partial charge >= 0.3 is 5.97 Å². The number of benzene rings is 1. The lowest BCUT2D eigenvalue weighted by molar-refractivity contribution is -0.146. The third-order valence-electron chi connectivity index (χ3n) is 5.68. The second-order valence-corrected chi connectivity index (χ2v) is 7.61. The average molecular weight is 530 g/mol. The van der Waals surface area contributed by atoms with Gasteiger partial charge < -0.3 is 19.7 Å². The van der Waals surface area contributed by atoms with Gasteiger partial charge in [-0.2, -0.15) is 0 Å². The van der Waals surface area contributed by atoms with E-state index >= 15 is 0 Å². The number of ether oxygens (including phenoxy) is 2. The number of hydrogen-bond donors (Lipinski definition) is 1. The molecule has 0 aromatic heterocycles. The van der Waals surface area contributed by atoms with Crippen molar-refractivity contribution in [3.63, 3.8) is 0 Å². The number of esters is 1. The molecule has 2 aliphatic rings. The SMILES string of the molecule is CCNC(=NCc1ccccc1CN1CCOCC1)N1CCC(C(=O)OC)CC1.I. The first-order valence-electron chi connectivity index (χ1n) is 10.7. The van der Waals surface area contributed by atoms with Gasteiger partial charge in [0.25, 0.3) is 0 Å². The fourth-order valence-corrected chi connectivity index (χ4v) is 3.95. The van der Waals surface area contributed by atoms with Crippen LogP contribution in [-0.2, 0) is 27.4 Å². The van der Waals surface area contributed by atoms with Crippen LogP contribution < -0.4 is 5.32 Å². The summed E-state index contributed by atoms with van der Waals surface area (Å²) in [5.74, 6) is 0.842. The third kappa shape index (κ3) is 7.09. The van der Waals surface area contributed by atoms with Crippen molar-refractivity contribution < 1.29 is 14.3 Å². The Labute approximate surface area is 197 Å². The molecule has 0 amide bonds. The maximum Gasteiger partial charge on any atom is 0.308 e. The van der Waals surface area contributed by atoms with Crippen molar-refractivity contribution in [3.05, 3.63) is 35.4 Å². The van der Waals surface area contributed by atoms with Gasteiger partial charge in [-0.15, -0.1) is 24.0 Å². The van der Waals surface area contributed by atoms with Crippen molar-refractivity contribution in [1.29, 1.82) is 0 Å². The third-order valence-corrected chi connectivity index (χ3v) is 5.68. The van der Waals surface area contributed by atoms with Gasteiger partial charge in [-0.25, -0.2) is 4.99 Å². The smallest absolute Gasteiger partial charge is 0.308 e. The summed E-state index contributed by atoms with van der Waals surface area (Å²) >= 11 is 0. The van der Waals surface area contributed by atoms with E-state index < -0.39 is 0 Å². The zero-order valence-corrected chi connectivity index (χ0v) is 20.5. The van der Waals surface area contributed by atoms with E-state index in [1.165, 1.54) is 18.2 Å². The molecule has 1 N–H and O–H groups in total. The number of carbonyl (C=O) groups is 1. The van der Waals surface area contributed by atoms with Crippen molar-refractivity contribution in [2.45, 2.75) is 32.9 Å². The van der Waals surface area contributed by atoms with Gasteiger partial charge in [0.2, 0.25) is 0 Å². The molecule has 30 heavy (non-hydrogen) atoms. The van der Waals surface area contributed by atoms with Gasteiger partial charge in [-0.05, 0) is 30.9 Å². The first kappa shape index (κ1) is 24.9. The Kier molecular flexibility index (Phi) is 10.9. The molecule has 0 spiro atoms. The van der Waals surface area contributed by atoms with Gasteiger partial charge in [0.15, 0.2) is 5.96 Å². The van der Waals surface area contributed by atoms with Gasteiger partial charge in [-0.1, -0.05) is 24.3 Å². The van der Waals surface area contributed by atoms with Gasteiger partial charge in [-0.3, -0.25) is 9.69 Å². The number of hydrogen-bond acceptors (Lipinski definition) is 5. The van der Waals surface area contributed by atoms with E-state index in [0.29, 0.717) is 6.54 Å². The Morgan fingerprint density at radius 1 is 1.17 bits per heavy atom. The molecule has 168 valence electrons. The van der Waals surface area contributed by atoms with Crippen molar-refractivity contribution in [2.75, 3.05) is 53.0 Å². The lowest BCUT2D eigenvalue weighted by Crippen LogP contribution is -2.46. The van der Waals surface area contributed by atoms with E-state index in [9.17, 15) is 4.79 Å². The zero-order valence-electron chi connectivity index (χ0n) is 18.1. The maximum atomic E-state index is 11.8. The lowest BCUT2D eigenvalue weighted by Gasteiger charge is -2.33. The largest absolute Gasteiger partial charge is 0.469 e. The predicted octanol–water partition coefficient (Wildman–Crippen LogP) is 2.49. The fourth-order valence-electron chi connectivity index (χ4n) is 3.95. The van der Waals surface area contributed by atoms with Crippen LogP contribution in [0.25, 0.3) is 0 Å². The molecule has 2 heterocycles. The maximum absolute atomic E-state index is 11.8. The summed E-state index contributed by atoms with van der Waals surface area (Å²) in [7, 11) is 1.47. The van der Waals surface area contributed by atoms with Crippen LogP contribution in [0.3, 0.4) is 0 Å². The number of nitrogens with zero attached hydrogens (tertiary/aromatic N) is 3. The number of likely N-dealkylation sites (tertiary alicyclic amines) is 1. The summed E-state index contributed by atoms with van der Waals surface area (Å²) in [6, 6.07) is 8.57. The van der Waals surface area contributed by atoms with Crippen molar-refractivity contribution >= 4 is 35.9 Å². The van der Waals surface area contributed by atoms with E-state index in [1.54, 1.807) is 0 Å². The highest BCUT2D eigenvalue weighted by Crippen LogP contribution is 2.19. The van der Waals surface area contributed by atoms with Crippen LogP contribution in [0.5, 0.6) is 0 Å². The molecule has 3 rings (SSSR count). The van der Waals surface area contributed by atoms with Gasteiger partial charge in [0, 0.05) is 39.3 Å². The molecule has 1 aromatic carbocycles. The van der Waals surface area contributed by atoms with Gasteiger partial charge in [0.1, 0.15) is 0 Å². The van der Waals surface area contributed by atoms with E-state index in [4.69, 9.17) is 14.5 Å². The number of nitrogens with one attached hydrogen (secondary N) is 1. The summed E-state index contributed by atoms with van der Waals surface area (Å²) in [6.07, 6.45) is 1.62. The standard InChI is InChI=1S/C22H34N4O3.HI/c1-3-23-22(26-10-8-18(9-11-26)21(27)28-2)24-16-19-6-4-5-7-20(19)17-25-12-14-29-15-13-25;/h4-7,18H,3,8-17H2,1-2H3,(H,23,24);1H. The van der Waals surface area contributed by atoms with E-state index in [2.05, 4.69) is 46.3 Å². The number of aliphatic imine (C=N–C) groups is 1. The number of halogens is 1. The second kappa shape index (κ2) is 13.1. The molecule has 0 aliphatic carbocycles. The van der Waals surface area contributed by atoms with Crippen LogP contribution >= 0.6 is 24.0 Å². The highest BCUT2D eigenvalue weighted by Gasteiger charge is 2.27. The monoisotopic (exact) mass is 530 g/mol. The van der Waals surface area contributed by atoms with Crippen LogP contribution in [0.1, 0.15) is 30.9 Å². The van der Waals surface area contributed by atoms with Crippen molar-refractivity contribution in [3.8, 4) is 0 Å². The number of morpholine rings is 1. The predicted molar refractivity (Wildman–Crippen MR) is 129 cm³/mol. The molecule has 0 saturated carbocycles. The van der Waals surface area contributed by atoms with Crippen LogP contribution in [0, 0.1) is 5.92 Å². The van der Waals surface area contributed by atoms with Crippen molar-refractivity contribution in [1.82, 2.24) is 15.1 Å². The highest BCUT2D eigenvalue weighted by atomic mass is 127. The topological polar surface area (TPSA) is 66.4 Å². The summed E-state index contributed by atoms with van der Waals surface area (Å²) in [5.41, 5.74) is 2.59. The van der Waals surface area contributed by atoms with Crippen LogP contribution in [0.4, 0.5) is 0 Å². The molecule has 8 heteroatoms. The number of piperidine rings is 1. The molecular formula is C22H35IN4O3. The quantitative estimate of drug-likeness (QED) is 0.264. The molecule has 0 radical (unpaired) electrons. The first-order chi connectivity index (χ1) is 14.2. The zero-order chi connectivity index (χ0) is 20.5. The average Bonchev–Trinajstić information content (AvgIpc) is 2.78. The Balaban J connectivity index is 0.00000320. The molecule has 7 nitrogen and oxygen atoms in total. The minimum atomic E-state index is -0.0939. The van der Waals surface area contributed by atoms with Gasteiger partial charge in [0.05, 0.1) is 32.8 Å². The van der Waals surface area contributed by atoms with Crippen molar-refractivity contribution in [2.24, 2.45) is 10.9 Å². The van der Waals surface area contributed by atoms with Crippen LogP contribution in [0.15, 0.2) is 29.3 Å². The molecule has 2 fully saturated rings. The van der Waals surface area contributed by atoms with E-state index in [-0.39, 0.29) is 35.9 Å². The first-order valence-corrected chi connectivity index (χ1v) is 10.7. The fraction of sp³-hybridized carbons (Fsp3) is 0.636. The molecule has 0 atom stereocenters. The normalized spacial score (nSPS) is 18.6. The molecule has 1 aromatic rings. The Morgan fingerprint density at radius 2 is 1.83 bits per heavy atom. The summed E-state index contributed by atoms with van der Waals surface area (Å²) in [5, 5.41) is 3.41. The Hall–Kier alpha value is -1.39. The summed E-state index contributed by atoms with van der Waals surface area (Å²) in [6.45, 7) is 9.73. The number of methoxy groups -OCH3 is 1. The Morgan fingerprint density at radius 3 is 2.47 bits per heavy atom. The minimum absolute atomic E-state index is 0. The van der Waals surface area contributed by atoms with Crippen LogP contribution in [0.2, 0.25) is 0 Å². The molecule has 2 aliphatic heterocycles. The van der Waals surface area contributed by atoms with E-state index in [1.807, 2.05) is 0 Å². The molecule has 0 bridgehead atoms. The molecule has 2 saturated heterocycles. The minimum Gasteiger partial charge on any atom is -0.469 e. The molecular weight excluding hydrogens is 495 g/mol. The van der Waals surface area contributed by atoms with Crippen LogP contribution in [-0.4, -0.2) is 74.8 Å². The highest BCUT2D eigenvalue weighted by molar-refractivity contribution is 14.0. The number of guanidine groups is 1. The van der Waals surface area contributed by atoms with E-state index in [0.717, 1.165) is 71.3 Å². The molecule has 0 unspecified atom stereocenters. The summed E-state index contributed by atoms with van der Waals surface area (Å²) in [4.78, 5) is 21.4.